The van der Waals surface area contributed by atoms with Crippen molar-refractivity contribution in [3.63, 3.8) is 0 Å². The van der Waals surface area contributed by atoms with Gasteiger partial charge < -0.3 is 9.13 Å². The number of hydrogen-bond acceptors (Lipinski definition) is 3. The third kappa shape index (κ3) is 4.75. The molecule has 242 valence electrons. The second-order valence-electron chi connectivity index (χ2n) is 12.9. The fourth-order valence-electron chi connectivity index (χ4n) is 7.90. The number of hydrogen-bond donors (Lipinski definition) is 0. The molecule has 2 aliphatic carbocycles. The molecule has 5 nitrogen and oxygen atoms in total. The summed E-state index contributed by atoms with van der Waals surface area (Å²) in [5.41, 5.74) is 12.1. The number of nitriles is 3. The van der Waals surface area contributed by atoms with Crippen LogP contribution in [0.15, 0.2) is 146 Å². The summed E-state index contributed by atoms with van der Waals surface area (Å²) < 4.78 is 4.51. The molecular weight excluding hydrogens is 635 g/mol. The number of benzene rings is 5. The minimum atomic E-state index is 0.354. The van der Waals surface area contributed by atoms with Gasteiger partial charge in [0, 0.05) is 27.4 Å². The van der Waals surface area contributed by atoms with Crippen molar-refractivity contribution in [3.8, 4) is 35.0 Å². The van der Waals surface area contributed by atoms with E-state index in [1.807, 2.05) is 66.7 Å². The first kappa shape index (κ1) is 30.7. The van der Waals surface area contributed by atoms with Crippen LogP contribution in [0.2, 0.25) is 0 Å². The standard InChI is InChI=1S/C47H29N5/c48-28-31-19-26-47-40(27-31)39-14-8-10-18-46(39)52(47)45-16-6-1-3-11-36(45)35-25-24-34(41(29-49)42(35)30-50)32-20-22-33(23-21-32)51-43-15-5-2-4-12-37(43)38-13-7-9-17-44(38)51/h1-10,13-27H,11-12H2. The maximum Gasteiger partial charge on any atom is 0.101 e. The fraction of sp³-hybridized carbons (Fsp3) is 0.0426. The largest absolute Gasteiger partial charge is 0.310 e. The normalized spacial score (nSPS) is 13.6. The quantitative estimate of drug-likeness (QED) is 0.188. The van der Waals surface area contributed by atoms with Crippen LogP contribution < -0.4 is 0 Å². The molecule has 0 fully saturated rings. The average Bonchev–Trinajstić information content (AvgIpc) is 3.40. The Bertz CT molecular complexity index is 2920. The van der Waals surface area contributed by atoms with Crippen molar-refractivity contribution < 1.29 is 0 Å². The molecular formula is C47H29N5. The molecule has 2 heterocycles. The Morgan fingerprint density at radius 2 is 1.17 bits per heavy atom. The predicted octanol–water partition coefficient (Wildman–Crippen LogP) is 11.0. The highest BCUT2D eigenvalue weighted by Gasteiger charge is 2.23. The summed E-state index contributed by atoms with van der Waals surface area (Å²) >= 11 is 0. The lowest BCUT2D eigenvalue weighted by molar-refractivity contribution is 1.09. The summed E-state index contributed by atoms with van der Waals surface area (Å²) in [7, 11) is 0. The van der Waals surface area contributed by atoms with Crippen LogP contribution in [-0.4, -0.2) is 9.13 Å². The molecule has 0 N–H and O–H groups in total. The SMILES string of the molecule is N#Cc1ccc2c(c1)c1ccccc1n2C1=C(c2ccc(-c3ccc(-n4c5c(c6ccccc64)CC=CC=C5)cc3)c(C#N)c2C#N)CC=CC=C1. The van der Waals surface area contributed by atoms with Crippen molar-refractivity contribution in [2.75, 3.05) is 0 Å². The van der Waals surface area contributed by atoms with Crippen molar-refractivity contribution in [2.45, 2.75) is 12.8 Å². The van der Waals surface area contributed by atoms with Crippen molar-refractivity contribution >= 4 is 50.1 Å². The molecule has 2 aromatic heterocycles. The first-order valence-electron chi connectivity index (χ1n) is 17.2. The summed E-state index contributed by atoms with van der Waals surface area (Å²) in [5, 5.41) is 34.3. The molecule has 5 heteroatoms. The molecule has 0 radical (unpaired) electrons. The molecule has 0 saturated heterocycles. The number of fused-ring (bicyclic) bond motifs is 6. The van der Waals surface area contributed by atoms with E-state index in [0.29, 0.717) is 23.1 Å². The summed E-state index contributed by atoms with van der Waals surface area (Å²) in [6.07, 6.45) is 18.2. The van der Waals surface area contributed by atoms with Gasteiger partial charge in [-0.1, -0.05) is 97.1 Å². The van der Waals surface area contributed by atoms with Crippen molar-refractivity contribution in [3.05, 3.63) is 179 Å². The second-order valence-corrected chi connectivity index (χ2v) is 12.9. The van der Waals surface area contributed by atoms with Gasteiger partial charge in [-0.15, -0.1) is 0 Å². The van der Waals surface area contributed by atoms with Crippen LogP contribution in [0.4, 0.5) is 0 Å². The van der Waals surface area contributed by atoms with Crippen LogP contribution in [0, 0.1) is 34.0 Å². The molecule has 0 amide bonds. The van der Waals surface area contributed by atoms with Gasteiger partial charge in [0.1, 0.15) is 12.1 Å². The molecule has 0 unspecified atom stereocenters. The minimum absolute atomic E-state index is 0.354. The number of aromatic nitrogens is 2. The van der Waals surface area contributed by atoms with Crippen LogP contribution in [-0.2, 0) is 6.42 Å². The fourth-order valence-corrected chi connectivity index (χ4v) is 7.90. The van der Waals surface area contributed by atoms with E-state index >= 15 is 0 Å². The Morgan fingerprint density at radius 1 is 0.519 bits per heavy atom. The Hall–Kier alpha value is -7.39. The Balaban J connectivity index is 1.20. The van der Waals surface area contributed by atoms with E-state index in [1.165, 1.54) is 10.9 Å². The highest BCUT2D eigenvalue weighted by Crippen LogP contribution is 2.40. The molecule has 5 aromatic carbocycles. The summed E-state index contributed by atoms with van der Waals surface area (Å²) in [6, 6.07) is 41.8. The van der Waals surface area contributed by atoms with Crippen LogP contribution >= 0.6 is 0 Å². The van der Waals surface area contributed by atoms with E-state index in [4.69, 9.17) is 0 Å². The molecule has 52 heavy (non-hydrogen) atoms. The Kier molecular flexibility index (Phi) is 7.36. The lowest BCUT2D eigenvalue weighted by atomic mass is 9.88. The number of nitrogens with zero attached hydrogens (tertiary/aromatic N) is 5. The van der Waals surface area contributed by atoms with Gasteiger partial charge in [0.2, 0.25) is 0 Å². The third-order valence-electron chi connectivity index (χ3n) is 10.2. The number of para-hydroxylation sites is 2. The van der Waals surface area contributed by atoms with E-state index in [2.05, 4.69) is 112 Å². The Labute approximate surface area is 301 Å². The predicted molar refractivity (Wildman–Crippen MR) is 210 cm³/mol. The van der Waals surface area contributed by atoms with E-state index in [-0.39, 0.29) is 0 Å². The molecule has 0 spiro atoms. The minimum Gasteiger partial charge on any atom is -0.310 e. The maximum atomic E-state index is 10.7. The summed E-state index contributed by atoms with van der Waals surface area (Å²) in [4.78, 5) is 0. The van der Waals surface area contributed by atoms with E-state index in [9.17, 15) is 15.8 Å². The van der Waals surface area contributed by atoms with E-state index in [0.717, 1.165) is 73.1 Å². The van der Waals surface area contributed by atoms with E-state index in [1.54, 1.807) is 0 Å². The first-order chi connectivity index (χ1) is 25.7. The number of allylic oxidation sites excluding steroid dienone is 9. The van der Waals surface area contributed by atoms with E-state index < -0.39 is 0 Å². The van der Waals surface area contributed by atoms with Gasteiger partial charge in [-0.25, -0.2) is 0 Å². The zero-order valence-electron chi connectivity index (χ0n) is 28.1. The molecule has 0 saturated carbocycles. The van der Waals surface area contributed by atoms with Crippen LogP contribution in [0.1, 0.15) is 39.9 Å². The van der Waals surface area contributed by atoms with Crippen LogP contribution in [0.5, 0.6) is 0 Å². The zero-order chi connectivity index (χ0) is 35.2. The van der Waals surface area contributed by atoms with Gasteiger partial charge in [0.25, 0.3) is 0 Å². The molecule has 9 rings (SSSR count). The van der Waals surface area contributed by atoms with Crippen LogP contribution in [0.3, 0.4) is 0 Å². The van der Waals surface area contributed by atoms with Gasteiger partial charge in [0.05, 0.1) is 50.7 Å². The molecule has 0 bridgehead atoms. The highest BCUT2D eigenvalue weighted by atomic mass is 15.0. The lowest BCUT2D eigenvalue weighted by Gasteiger charge is -2.18. The van der Waals surface area contributed by atoms with Crippen molar-refractivity contribution in [1.82, 2.24) is 9.13 Å². The van der Waals surface area contributed by atoms with Gasteiger partial charge >= 0.3 is 0 Å². The van der Waals surface area contributed by atoms with Crippen LogP contribution in [0.25, 0.3) is 66.9 Å². The monoisotopic (exact) mass is 663 g/mol. The smallest absolute Gasteiger partial charge is 0.101 e. The zero-order valence-corrected chi connectivity index (χ0v) is 28.1. The summed E-state index contributed by atoms with van der Waals surface area (Å²) in [5.74, 6) is 0. The van der Waals surface area contributed by atoms with Gasteiger partial charge in [0.15, 0.2) is 0 Å². The van der Waals surface area contributed by atoms with Gasteiger partial charge in [-0.3, -0.25) is 0 Å². The molecule has 7 aromatic rings. The average molecular weight is 664 g/mol. The summed E-state index contributed by atoms with van der Waals surface area (Å²) in [6.45, 7) is 0. The maximum absolute atomic E-state index is 10.7. The molecule has 0 aliphatic heterocycles. The van der Waals surface area contributed by atoms with Crippen molar-refractivity contribution in [1.29, 1.82) is 15.8 Å². The molecule has 2 aliphatic rings. The van der Waals surface area contributed by atoms with Gasteiger partial charge in [-0.05, 0) is 89.7 Å². The van der Waals surface area contributed by atoms with Gasteiger partial charge in [-0.2, -0.15) is 15.8 Å². The lowest BCUT2D eigenvalue weighted by Crippen LogP contribution is -2.03. The number of rotatable bonds is 4. The van der Waals surface area contributed by atoms with Crippen molar-refractivity contribution in [2.24, 2.45) is 0 Å². The second kappa shape index (κ2) is 12.5. The molecule has 0 atom stereocenters. The highest BCUT2D eigenvalue weighted by molar-refractivity contribution is 6.12. The third-order valence-corrected chi connectivity index (χ3v) is 10.2. The first-order valence-corrected chi connectivity index (χ1v) is 17.2. The Morgan fingerprint density at radius 3 is 1.94 bits per heavy atom. The topological polar surface area (TPSA) is 81.2 Å².